The summed E-state index contributed by atoms with van der Waals surface area (Å²) in [6, 6.07) is 16.1. The minimum Gasteiger partial charge on any atom is -0.481 e. The molecule has 0 saturated carbocycles. The summed E-state index contributed by atoms with van der Waals surface area (Å²) in [4.78, 5) is 42.1. The monoisotopic (exact) mass is 577 g/mol. The molecule has 2 aliphatic heterocycles. The van der Waals surface area contributed by atoms with Crippen molar-refractivity contribution in [2.75, 3.05) is 0 Å². The molecule has 2 aromatic rings. The zero-order chi connectivity index (χ0) is 26.1. The van der Waals surface area contributed by atoms with E-state index in [2.05, 4.69) is 26.0 Å². The summed E-state index contributed by atoms with van der Waals surface area (Å²) >= 11 is 10.0. The number of allylic oxidation sites excluding steroid dienone is 5. The van der Waals surface area contributed by atoms with Crippen LogP contribution in [-0.4, -0.2) is 39.3 Å². The molecule has 0 saturated heterocycles. The largest absolute Gasteiger partial charge is 0.481 e. The minimum absolute atomic E-state index is 0.225. The first-order valence-electron chi connectivity index (χ1n) is 11.7. The molecule has 9 heteroatoms. The fraction of sp³-hybridized carbons (Fsp3) is 0.179. The van der Waals surface area contributed by atoms with Crippen molar-refractivity contribution in [2.24, 2.45) is 16.0 Å². The number of halogens is 2. The lowest BCUT2D eigenvalue weighted by atomic mass is 9.79. The van der Waals surface area contributed by atoms with Gasteiger partial charge in [0.25, 0.3) is 5.91 Å². The van der Waals surface area contributed by atoms with E-state index in [-0.39, 0.29) is 25.2 Å². The second kappa shape index (κ2) is 10.4. The number of rotatable bonds is 6. The van der Waals surface area contributed by atoms with Gasteiger partial charge in [0.2, 0.25) is 5.91 Å². The van der Waals surface area contributed by atoms with Crippen LogP contribution in [0.3, 0.4) is 0 Å². The fourth-order valence-corrected chi connectivity index (χ4v) is 5.44. The fourth-order valence-electron chi connectivity index (χ4n) is 4.78. The number of carbonyl (C=O) groups is 3. The molecule has 5 rings (SSSR count). The van der Waals surface area contributed by atoms with Gasteiger partial charge in [-0.05, 0) is 34.9 Å². The van der Waals surface area contributed by atoms with Crippen LogP contribution in [0, 0.1) is 5.92 Å². The first-order chi connectivity index (χ1) is 17.8. The van der Waals surface area contributed by atoms with Crippen LogP contribution >= 0.6 is 27.5 Å². The molecule has 0 bridgehead atoms. The molecule has 2 unspecified atom stereocenters. The van der Waals surface area contributed by atoms with Crippen molar-refractivity contribution in [1.29, 1.82) is 0 Å². The molecule has 2 aromatic carbocycles. The molecule has 0 radical (unpaired) electrons. The van der Waals surface area contributed by atoms with Crippen LogP contribution in [0.15, 0.2) is 93.0 Å². The summed E-state index contributed by atoms with van der Waals surface area (Å²) in [7, 11) is 0. The molecule has 2 amide bonds. The number of carboxylic acids is 1. The summed E-state index contributed by atoms with van der Waals surface area (Å²) in [5.74, 6) is -2.25. The summed E-state index contributed by atoms with van der Waals surface area (Å²) in [6.45, 7) is 0. The third-order valence-corrected chi connectivity index (χ3v) is 7.31. The second-order valence-corrected chi connectivity index (χ2v) is 10.1. The van der Waals surface area contributed by atoms with Crippen molar-refractivity contribution < 1.29 is 19.5 Å². The average molecular weight is 579 g/mol. The van der Waals surface area contributed by atoms with Gasteiger partial charge in [0, 0.05) is 28.3 Å². The normalized spacial score (nSPS) is 20.9. The molecule has 0 aromatic heterocycles. The Morgan fingerprint density at radius 3 is 2.51 bits per heavy atom. The topological polar surface area (TPSA) is 99.4 Å². The molecule has 3 aliphatic rings. The molecule has 0 fully saturated rings. The van der Waals surface area contributed by atoms with E-state index in [0.29, 0.717) is 27.6 Å². The Morgan fingerprint density at radius 2 is 1.78 bits per heavy atom. The van der Waals surface area contributed by atoms with Crippen LogP contribution in [-0.2, 0) is 14.4 Å². The van der Waals surface area contributed by atoms with E-state index in [1.807, 2.05) is 54.6 Å². The van der Waals surface area contributed by atoms with E-state index >= 15 is 0 Å². The van der Waals surface area contributed by atoms with Gasteiger partial charge in [-0.3, -0.25) is 14.4 Å². The number of carboxylic acid groups (broad SMARTS) is 1. The minimum atomic E-state index is -1.08. The van der Waals surface area contributed by atoms with Gasteiger partial charge >= 0.3 is 5.97 Å². The number of dihydropyridines is 1. The van der Waals surface area contributed by atoms with Gasteiger partial charge in [0.15, 0.2) is 0 Å². The van der Waals surface area contributed by atoms with Crippen molar-refractivity contribution >= 4 is 62.3 Å². The van der Waals surface area contributed by atoms with Crippen molar-refractivity contribution in [3.8, 4) is 0 Å². The maximum absolute atomic E-state index is 13.5. The molecule has 7 nitrogen and oxygen atoms in total. The van der Waals surface area contributed by atoms with E-state index in [1.165, 1.54) is 5.01 Å². The van der Waals surface area contributed by atoms with E-state index < -0.39 is 23.8 Å². The lowest BCUT2D eigenvalue weighted by Crippen LogP contribution is -2.27. The van der Waals surface area contributed by atoms with Gasteiger partial charge in [0.1, 0.15) is 0 Å². The highest BCUT2D eigenvalue weighted by atomic mass is 79.9. The highest BCUT2D eigenvalue weighted by Crippen LogP contribution is 2.42. The molecule has 0 spiro atoms. The first-order valence-corrected chi connectivity index (χ1v) is 12.8. The van der Waals surface area contributed by atoms with Crippen molar-refractivity contribution in [1.82, 2.24) is 5.01 Å². The average Bonchev–Trinajstić information content (AvgIpc) is 3.32. The van der Waals surface area contributed by atoms with Crippen molar-refractivity contribution in [3.05, 3.63) is 99.0 Å². The van der Waals surface area contributed by atoms with Crippen LogP contribution in [0.1, 0.15) is 36.4 Å². The van der Waals surface area contributed by atoms with Crippen LogP contribution in [0.2, 0.25) is 5.02 Å². The number of amides is 2. The maximum Gasteiger partial charge on any atom is 0.303 e. The Bertz CT molecular complexity index is 1460. The predicted octanol–water partition coefficient (Wildman–Crippen LogP) is 5.73. The van der Waals surface area contributed by atoms with E-state index in [0.717, 1.165) is 15.6 Å². The summed E-state index contributed by atoms with van der Waals surface area (Å²) in [5, 5.41) is 15.5. The Morgan fingerprint density at radius 1 is 1.05 bits per heavy atom. The third kappa shape index (κ3) is 4.99. The van der Waals surface area contributed by atoms with E-state index in [4.69, 9.17) is 16.7 Å². The summed E-state index contributed by atoms with van der Waals surface area (Å²) in [5.41, 5.74) is 3.67. The number of hydrogen-bond acceptors (Lipinski definition) is 4. The smallest absolute Gasteiger partial charge is 0.303 e. The molecule has 1 aliphatic carbocycles. The predicted molar refractivity (Wildman–Crippen MR) is 145 cm³/mol. The van der Waals surface area contributed by atoms with Gasteiger partial charge in [-0.25, -0.2) is 10.0 Å². The van der Waals surface area contributed by atoms with Gasteiger partial charge in [0.05, 0.1) is 29.5 Å². The molecular weight excluding hydrogens is 558 g/mol. The standard InChI is InChI=1S/C28H21BrClN3O4/c29-17-10-11-21-19(14-17)26(16-6-2-1-3-7-16)27(28(37)31-21)22-15-23(18-8-4-5-9-20(18)30)33(32-22)24(34)12-13-25(35)36/h1-11,14,19,23H,12-13,15H2,(H,35,36). The van der Waals surface area contributed by atoms with Crippen LogP contribution in [0.25, 0.3) is 5.57 Å². The zero-order valence-corrected chi connectivity index (χ0v) is 21.8. The number of nitrogens with zero attached hydrogens (tertiary/aromatic N) is 3. The summed E-state index contributed by atoms with van der Waals surface area (Å²) in [6.07, 6.45) is 5.34. The lowest BCUT2D eigenvalue weighted by molar-refractivity contribution is -0.141. The number of aliphatic carboxylic acids is 1. The van der Waals surface area contributed by atoms with E-state index in [9.17, 15) is 14.4 Å². The number of fused-ring (bicyclic) bond motifs is 1. The zero-order valence-electron chi connectivity index (χ0n) is 19.5. The van der Waals surface area contributed by atoms with E-state index in [1.54, 1.807) is 18.2 Å². The van der Waals surface area contributed by atoms with Crippen LogP contribution < -0.4 is 0 Å². The molecular formula is C28H21BrClN3O4. The van der Waals surface area contributed by atoms with Gasteiger partial charge in [-0.1, -0.05) is 82.1 Å². The summed E-state index contributed by atoms with van der Waals surface area (Å²) < 4.78 is 0.867. The quantitative estimate of drug-likeness (QED) is 0.473. The maximum atomic E-state index is 13.5. The lowest BCUT2D eigenvalue weighted by Gasteiger charge is -2.27. The Kier molecular flexibility index (Phi) is 7.04. The number of hydrazone groups is 1. The first kappa shape index (κ1) is 25.0. The molecule has 2 atom stereocenters. The number of aliphatic imine (C=N–C) groups is 1. The number of benzene rings is 2. The van der Waals surface area contributed by atoms with Gasteiger partial charge < -0.3 is 5.11 Å². The van der Waals surface area contributed by atoms with Crippen molar-refractivity contribution in [2.45, 2.75) is 25.3 Å². The SMILES string of the molecule is O=C(O)CCC(=O)N1N=C(C2=C(c3ccccc3)C3C=C(Br)C=CC3=NC2=O)CC1c1ccccc1Cl. The van der Waals surface area contributed by atoms with Gasteiger partial charge in [-0.2, -0.15) is 5.10 Å². The number of carbonyl (C=O) groups excluding carboxylic acids is 2. The van der Waals surface area contributed by atoms with Crippen LogP contribution in [0.5, 0.6) is 0 Å². The Balaban J connectivity index is 1.65. The molecule has 2 heterocycles. The Labute approximate surface area is 226 Å². The van der Waals surface area contributed by atoms with Crippen LogP contribution in [0.4, 0.5) is 0 Å². The van der Waals surface area contributed by atoms with Crippen molar-refractivity contribution in [3.63, 3.8) is 0 Å². The molecule has 37 heavy (non-hydrogen) atoms. The highest BCUT2D eigenvalue weighted by Gasteiger charge is 2.40. The second-order valence-electron chi connectivity index (χ2n) is 8.78. The Hall–Kier alpha value is -3.62. The third-order valence-electron chi connectivity index (χ3n) is 6.44. The highest BCUT2D eigenvalue weighted by molar-refractivity contribution is 9.11. The molecule has 186 valence electrons. The number of hydrogen-bond donors (Lipinski definition) is 1. The van der Waals surface area contributed by atoms with Gasteiger partial charge in [-0.15, -0.1) is 0 Å². The molecule has 1 N–H and O–H groups in total.